The van der Waals surface area contributed by atoms with E-state index < -0.39 is 0 Å². The van der Waals surface area contributed by atoms with E-state index in [0.29, 0.717) is 0 Å². The summed E-state index contributed by atoms with van der Waals surface area (Å²) in [6.45, 7) is 10.4. The molecule has 1 aromatic rings. The van der Waals surface area contributed by atoms with Crippen LogP contribution in [0, 0.1) is 6.92 Å². The van der Waals surface area contributed by atoms with Crippen LogP contribution in [0.3, 0.4) is 0 Å². The minimum Gasteiger partial charge on any atom is -0.314 e. The van der Waals surface area contributed by atoms with Crippen LogP contribution in [0.4, 0.5) is 0 Å². The van der Waals surface area contributed by atoms with Gasteiger partial charge >= 0.3 is 0 Å². The predicted molar refractivity (Wildman–Crippen MR) is 82.4 cm³/mol. The third-order valence-electron chi connectivity index (χ3n) is 4.21. The highest BCUT2D eigenvalue weighted by Gasteiger charge is 2.32. The molecule has 2 fully saturated rings. The molecule has 2 aliphatic heterocycles. The maximum absolute atomic E-state index is 3.68. The molecule has 2 saturated heterocycles. The summed E-state index contributed by atoms with van der Waals surface area (Å²) in [5.41, 5.74) is 2.72. The van der Waals surface area contributed by atoms with E-state index in [1.165, 1.54) is 41.8 Å². The number of rotatable bonds is 3. The SMILES string of the molecule is Cc1ccc(CN2CC(N3CCNCC3)C2)c(Br)c1. The first-order chi connectivity index (χ1) is 9.22. The van der Waals surface area contributed by atoms with Crippen LogP contribution in [0.1, 0.15) is 11.1 Å². The lowest BCUT2D eigenvalue weighted by Crippen LogP contribution is -2.62. The number of nitrogens with one attached hydrogen (secondary N) is 1. The molecular formula is C15H22BrN3. The second-order valence-electron chi connectivity index (χ2n) is 5.73. The summed E-state index contributed by atoms with van der Waals surface area (Å²) < 4.78 is 1.25. The Labute approximate surface area is 124 Å². The Bertz CT molecular complexity index is 437. The van der Waals surface area contributed by atoms with Gasteiger partial charge in [-0.05, 0) is 24.1 Å². The zero-order valence-corrected chi connectivity index (χ0v) is 13.1. The number of hydrogen-bond acceptors (Lipinski definition) is 3. The number of hydrogen-bond donors (Lipinski definition) is 1. The van der Waals surface area contributed by atoms with Gasteiger partial charge in [-0.15, -0.1) is 0 Å². The first-order valence-electron chi connectivity index (χ1n) is 7.14. The van der Waals surface area contributed by atoms with Crippen LogP contribution in [0.5, 0.6) is 0 Å². The summed E-state index contributed by atoms with van der Waals surface area (Å²) in [5, 5.41) is 3.42. The third-order valence-corrected chi connectivity index (χ3v) is 4.95. The highest BCUT2D eigenvalue weighted by atomic mass is 79.9. The van der Waals surface area contributed by atoms with Gasteiger partial charge in [0, 0.05) is 56.3 Å². The molecule has 1 N–H and O–H groups in total. The quantitative estimate of drug-likeness (QED) is 0.915. The number of halogens is 1. The molecule has 0 radical (unpaired) electrons. The summed E-state index contributed by atoms with van der Waals surface area (Å²) in [6.07, 6.45) is 0. The lowest BCUT2D eigenvalue weighted by molar-refractivity contribution is 0.0222. The van der Waals surface area contributed by atoms with Crippen molar-refractivity contribution in [2.45, 2.75) is 19.5 Å². The van der Waals surface area contributed by atoms with Crippen molar-refractivity contribution in [3.05, 3.63) is 33.8 Å². The Morgan fingerprint density at radius 3 is 2.68 bits per heavy atom. The Balaban J connectivity index is 1.50. The van der Waals surface area contributed by atoms with Gasteiger partial charge in [0.2, 0.25) is 0 Å². The number of nitrogens with zero attached hydrogens (tertiary/aromatic N) is 2. The van der Waals surface area contributed by atoms with Gasteiger partial charge in [-0.3, -0.25) is 9.80 Å². The fourth-order valence-electron chi connectivity index (χ4n) is 2.97. The highest BCUT2D eigenvalue weighted by molar-refractivity contribution is 9.10. The van der Waals surface area contributed by atoms with E-state index in [1.54, 1.807) is 0 Å². The normalized spacial score (nSPS) is 22.4. The number of piperazine rings is 1. The average Bonchev–Trinajstić information content (AvgIpc) is 2.36. The molecule has 2 heterocycles. The maximum Gasteiger partial charge on any atom is 0.0351 e. The van der Waals surface area contributed by atoms with E-state index in [-0.39, 0.29) is 0 Å². The minimum atomic E-state index is 0.784. The largest absolute Gasteiger partial charge is 0.314 e. The van der Waals surface area contributed by atoms with Crippen molar-refractivity contribution >= 4 is 15.9 Å². The van der Waals surface area contributed by atoms with Crippen molar-refractivity contribution in [2.24, 2.45) is 0 Å². The van der Waals surface area contributed by atoms with Crippen molar-refractivity contribution in [3.8, 4) is 0 Å². The van der Waals surface area contributed by atoms with Crippen molar-refractivity contribution in [3.63, 3.8) is 0 Å². The van der Waals surface area contributed by atoms with Crippen molar-refractivity contribution in [1.82, 2.24) is 15.1 Å². The molecule has 0 bridgehead atoms. The Morgan fingerprint density at radius 1 is 1.26 bits per heavy atom. The molecule has 0 aliphatic carbocycles. The summed E-state index contributed by atoms with van der Waals surface area (Å²) in [7, 11) is 0. The van der Waals surface area contributed by atoms with Crippen LogP contribution in [0.2, 0.25) is 0 Å². The lowest BCUT2D eigenvalue weighted by atomic mass is 10.0. The first kappa shape index (κ1) is 13.6. The van der Waals surface area contributed by atoms with Crippen LogP contribution >= 0.6 is 15.9 Å². The predicted octanol–water partition coefficient (Wildman–Crippen LogP) is 1.85. The highest BCUT2D eigenvalue weighted by Crippen LogP contribution is 2.23. The third kappa shape index (κ3) is 3.19. The van der Waals surface area contributed by atoms with E-state index >= 15 is 0 Å². The maximum atomic E-state index is 3.68. The van der Waals surface area contributed by atoms with Gasteiger partial charge in [0.1, 0.15) is 0 Å². The van der Waals surface area contributed by atoms with E-state index in [1.807, 2.05) is 0 Å². The average molecular weight is 324 g/mol. The zero-order valence-electron chi connectivity index (χ0n) is 11.5. The Hall–Kier alpha value is -0.420. The lowest BCUT2D eigenvalue weighted by Gasteiger charge is -2.47. The molecule has 3 nitrogen and oxygen atoms in total. The van der Waals surface area contributed by atoms with Gasteiger partial charge in [-0.25, -0.2) is 0 Å². The number of benzene rings is 1. The van der Waals surface area contributed by atoms with Crippen molar-refractivity contribution in [1.29, 1.82) is 0 Å². The second-order valence-corrected chi connectivity index (χ2v) is 6.58. The Morgan fingerprint density at radius 2 is 2.00 bits per heavy atom. The van der Waals surface area contributed by atoms with Crippen LogP contribution in [0.25, 0.3) is 0 Å². The Kier molecular flexibility index (Phi) is 4.22. The summed E-state index contributed by atoms with van der Waals surface area (Å²) in [6, 6.07) is 7.44. The summed E-state index contributed by atoms with van der Waals surface area (Å²) in [5.74, 6) is 0. The number of likely N-dealkylation sites (tertiary alicyclic amines) is 1. The van der Waals surface area contributed by atoms with Gasteiger partial charge in [0.05, 0.1) is 0 Å². The van der Waals surface area contributed by atoms with Crippen LogP contribution < -0.4 is 5.32 Å². The molecule has 3 rings (SSSR count). The number of aryl methyl sites for hydroxylation is 1. The van der Waals surface area contributed by atoms with Crippen LogP contribution in [0.15, 0.2) is 22.7 Å². The van der Waals surface area contributed by atoms with Crippen molar-refractivity contribution in [2.75, 3.05) is 39.3 Å². The molecule has 0 unspecified atom stereocenters. The van der Waals surface area contributed by atoms with Gasteiger partial charge < -0.3 is 5.32 Å². The first-order valence-corrected chi connectivity index (χ1v) is 7.94. The smallest absolute Gasteiger partial charge is 0.0351 e. The van der Waals surface area contributed by atoms with Gasteiger partial charge in [0.25, 0.3) is 0 Å². The molecule has 1 aromatic carbocycles. The molecule has 0 spiro atoms. The van der Waals surface area contributed by atoms with E-state index in [0.717, 1.165) is 25.7 Å². The van der Waals surface area contributed by atoms with E-state index in [9.17, 15) is 0 Å². The summed E-state index contributed by atoms with van der Waals surface area (Å²) >= 11 is 3.68. The molecule has 19 heavy (non-hydrogen) atoms. The fraction of sp³-hybridized carbons (Fsp3) is 0.600. The second kappa shape index (κ2) is 5.92. The van der Waals surface area contributed by atoms with Gasteiger partial charge in [-0.1, -0.05) is 28.1 Å². The molecule has 2 aliphatic rings. The minimum absolute atomic E-state index is 0.784. The standard InChI is InChI=1S/C15H22BrN3/c1-12-2-3-13(15(16)8-12)9-18-10-14(11-18)19-6-4-17-5-7-19/h2-3,8,14,17H,4-7,9-11H2,1H3. The molecule has 104 valence electrons. The van der Waals surface area contributed by atoms with Crippen LogP contribution in [-0.4, -0.2) is 55.1 Å². The van der Waals surface area contributed by atoms with E-state index in [4.69, 9.17) is 0 Å². The zero-order chi connectivity index (χ0) is 13.2. The molecule has 0 amide bonds. The monoisotopic (exact) mass is 323 g/mol. The molecule has 0 aromatic heterocycles. The van der Waals surface area contributed by atoms with Crippen molar-refractivity contribution < 1.29 is 0 Å². The fourth-order valence-corrected chi connectivity index (χ4v) is 3.59. The molecule has 0 atom stereocenters. The summed E-state index contributed by atoms with van der Waals surface area (Å²) in [4.78, 5) is 5.18. The van der Waals surface area contributed by atoms with Crippen LogP contribution in [-0.2, 0) is 6.54 Å². The molecule has 0 saturated carbocycles. The van der Waals surface area contributed by atoms with Gasteiger partial charge in [-0.2, -0.15) is 0 Å². The van der Waals surface area contributed by atoms with E-state index in [2.05, 4.69) is 56.2 Å². The molecular weight excluding hydrogens is 302 g/mol. The van der Waals surface area contributed by atoms with Gasteiger partial charge in [0.15, 0.2) is 0 Å². The topological polar surface area (TPSA) is 18.5 Å². The molecule has 4 heteroatoms.